The number of carbonyl (C=O) groups excluding carboxylic acids is 1. The van der Waals surface area contributed by atoms with E-state index < -0.39 is 16.9 Å². The Morgan fingerprint density at radius 2 is 2.00 bits per heavy atom. The lowest BCUT2D eigenvalue weighted by atomic mass is 10.1. The van der Waals surface area contributed by atoms with Gasteiger partial charge in [-0.2, -0.15) is 0 Å². The summed E-state index contributed by atoms with van der Waals surface area (Å²) in [6, 6.07) is 8.99. The quantitative estimate of drug-likeness (QED) is 0.808. The third-order valence-electron chi connectivity index (χ3n) is 2.34. The first-order valence-electron chi connectivity index (χ1n) is 5.76. The van der Waals surface area contributed by atoms with Crippen molar-refractivity contribution in [1.82, 2.24) is 0 Å². The Labute approximate surface area is 104 Å². The Morgan fingerprint density at radius 1 is 1.35 bits per heavy atom. The molecule has 3 nitrogen and oxygen atoms in total. The normalized spacial score (nSPS) is 14.2. The Bertz CT molecular complexity index is 376. The smallest absolute Gasteiger partial charge is 0.135 e. The molecule has 2 atom stereocenters. The summed E-state index contributed by atoms with van der Waals surface area (Å²) in [7, 11) is -1.24. The molecule has 0 radical (unpaired) electrons. The summed E-state index contributed by atoms with van der Waals surface area (Å²) in [4.78, 5) is 12.0. The molecule has 0 fully saturated rings. The van der Waals surface area contributed by atoms with Crippen molar-refractivity contribution in [2.75, 3.05) is 5.75 Å². The molecule has 0 aliphatic carbocycles. The number of ketones is 1. The average molecular weight is 254 g/mol. The van der Waals surface area contributed by atoms with Crippen LogP contribution in [0.2, 0.25) is 0 Å². The van der Waals surface area contributed by atoms with E-state index in [0.29, 0.717) is 11.3 Å². The standard InChI is InChI=1S/C13H18O3S/c1-2-6-11(14)9-12(15)10-17(16)13-7-4-3-5-8-13/h3-5,7-8,12,15H,2,6,9-10H2,1H3/t12-,17?/m0/s1. The minimum Gasteiger partial charge on any atom is -0.392 e. The third kappa shape index (κ3) is 5.24. The van der Waals surface area contributed by atoms with Gasteiger partial charge in [-0.05, 0) is 18.6 Å². The molecule has 1 unspecified atom stereocenters. The maximum absolute atomic E-state index is 11.8. The van der Waals surface area contributed by atoms with Crippen LogP contribution in [-0.4, -0.2) is 27.0 Å². The van der Waals surface area contributed by atoms with E-state index in [1.807, 2.05) is 25.1 Å². The number of Topliss-reactive ketones (excluding diaryl/α,β-unsaturated/α-hetero) is 1. The molecule has 0 amide bonds. The molecule has 0 heterocycles. The molecule has 0 aliphatic heterocycles. The Morgan fingerprint density at radius 3 is 2.59 bits per heavy atom. The number of hydrogen-bond acceptors (Lipinski definition) is 3. The molecule has 0 bridgehead atoms. The molecule has 1 rings (SSSR count). The molecule has 1 N–H and O–H groups in total. The van der Waals surface area contributed by atoms with Gasteiger partial charge in [-0.15, -0.1) is 0 Å². The second-order valence-corrected chi connectivity index (χ2v) is 5.47. The lowest BCUT2D eigenvalue weighted by Crippen LogP contribution is -2.20. The molecule has 0 spiro atoms. The average Bonchev–Trinajstić information content (AvgIpc) is 2.30. The number of rotatable bonds is 7. The van der Waals surface area contributed by atoms with Gasteiger partial charge < -0.3 is 5.11 Å². The van der Waals surface area contributed by atoms with Crippen molar-refractivity contribution >= 4 is 16.6 Å². The van der Waals surface area contributed by atoms with Gasteiger partial charge in [0.1, 0.15) is 5.78 Å². The maximum atomic E-state index is 11.8. The first-order valence-corrected chi connectivity index (χ1v) is 7.08. The summed E-state index contributed by atoms with van der Waals surface area (Å²) in [5, 5.41) is 9.66. The highest BCUT2D eigenvalue weighted by molar-refractivity contribution is 7.85. The molecule has 0 aliphatic rings. The van der Waals surface area contributed by atoms with Gasteiger partial charge in [0.25, 0.3) is 0 Å². The van der Waals surface area contributed by atoms with E-state index in [9.17, 15) is 14.1 Å². The van der Waals surface area contributed by atoms with Crippen LogP contribution >= 0.6 is 0 Å². The second kappa shape index (κ2) is 7.35. The minimum atomic E-state index is -1.24. The fourth-order valence-electron chi connectivity index (χ4n) is 1.55. The van der Waals surface area contributed by atoms with Crippen LogP contribution < -0.4 is 0 Å². The van der Waals surface area contributed by atoms with Crippen molar-refractivity contribution in [3.63, 3.8) is 0 Å². The van der Waals surface area contributed by atoms with Gasteiger partial charge in [-0.1, -0.05) is 25.1 Å². The van der Waals surface area contributed by atoms with Crippen molar-refractivity contribution < 1.29 is 14.1 Å². The fourth-order valence-corrected chi connectivity index (χ4v) is 2.67. The first-order chi connectivity index (χ1) is 8.13. The largest absolute Gasteiger partial charge is 0.392 e. The highest BCUT2D eigenvalue weighted by Crippen LogP contribution is 2.09. The molecule has 0 aromatic heterocycles. The van der Waals surface area contributed by atoms with E-state index in [2.05, 4.69) is 0 Å². The molecule has 17 heavy (non-hydrogen) atoms. The van der Waals surface area contributed by atoms with Crippen LogP contribution in [0.25, 0.3) is 0 Å². The molecule has 94 valence electrons. The minimum absolute atomic E-state index is 0.0325. The lowest BCUT2D eigenvalue weighted by Gasteiger charge is -2.09. The van der Waals surface area contributed by atoms with E-state index in [-0.39, 0.29) is 18.0 Å². The molecule has 1 aromatic rings. The second-order valence-electron chi connectivity index (χ2n) is 3.97. The van der Waals surface area contributed by atoms with Crippen LogP contribution in [0.3, 0.4) is 0 Å². The van der Waals surface area contributed by atoms with E-state index in [0.717, 1.165) is 6.42 Å². The molecule has 1 aromatic carbocycles. The summed E-state index contributed by atoms with van der Waals surface area (Å²) in [5.41, 5.74) is 0. The molecule has 4 heteroatoms. The number of aliphatic hydroxyl groups is 1. The summed E-state index contributed by atoms with van der Waals surface area (Å²) in [6.07, 6.45) is 0.560. The van der Waals surface area contributed by atoms with E-state index >= 15 is 0 Å². The van der Waals surface area contributed by atoms with Gasteiger partial charge in [0.15, 0.2) is 0 Å². The summed E-state index contributed by atoms with van der Waals surface area (Å²) >= 11 is 0. The van der Waals surface area contributed by atoms with Gasteiger partial charge in [-0.3, -0.25) is 9.00 Å². The SMILES string of the molecule is CCCC(=O)C[C@H](O)CS(=O)c1ccccc1. The highest BCUT2D eigenvalue weighted by Gasteiger charge is 2.14. The molecular weight excluding hydrogens is 236 g/mol. The lowest BCUT2D eigenvalue weighted by molar-refractivity contribution is -0.120. The third-order valence-corrected chi connectivity index (χ3v) is 3.83. The van der Waals surface area contributed by atoms with E-state index in [4.69, 9.17) is 0 Å². The van der Waals surface area contributed by atoms with Gasteiger partial charge in [0, 0.05) is 17.7 Å². The maximum Gasteiger partial charge on any atom is 0.135 e. The van der Waals surface area contributed by atoms with Crippen LogP contribution in [0.5, 0.6) is 0 Å². The van der Waals surface area contributed by atoms with Crippen molar-refractivity contribution in [2.24, 2.45) is 0 Å². The van der Waals surface area contributed by atoms with Gasteiger partial charge in [-0.25, -0.2) is 0 Å². The van der Waals surface area contributed by atoms with Crippen molar-refractivity contribution in [3.8, 4) is 0 Å². The Balaban J connectivity index is 2.44. The summed E-state index contributed by atoms with van der Waals surface area (Å²) in [5.74, 6) is 0.157. The zero-order valence-corrected chi connectivity index (χ0v) is 10.8. The predicted octanol–water partition coefficient (Wildman–Crippen LogP) is 1.91. The zero-order valence-electron chi connectivity index (χ0n) is 9.96. The predicted molar refractivity (Wildman–Crippen MR) is 68.3 cm³/mol. The zero-order chi connectivity index (χ0) is 12.7. The fraction of sp³-hybridized carbons (Fsp3) is 0.462. The van der Waals surface area contributed by atoms with Gasteiger partial charge >= 0.3 is 0 Å². The number of hydrogen-bond donors (Lipinski definition) is 1. The molecule has 0 saturated carbocycles. The molecular formula is C13H18O3S. The molecule has 0 saturated heterocycles. The Hall–Kier alpha value is -1.00. The number of aliphatic hydroxyl groups excluding tert-OH is 1. The number of benzene rings is 1. The van der Waals surface area contributed by atoms with Crippen LogP contribution in [-0.2, 0) is 15.6 Å². The van der Waals surface area contributed by atoms with Crippen molar-refractivity contribution in [1.29, 1.82) is 0 Å². The van der Waals surface area contributed by atoms with Gasteiger partial charge in [0.2, 0.25) is 0 Å². The van der Waals surface area contributed by atoms with Gasteiger partial charge in [0.05, 0.1) is 22.7 Å². The van der Waals surface area contributed by atoms with Crippen LogP contribution in [0, 0.1) is 0 Å². The van der Waals surface area contributed by atoms with Crippen molar-refractivity contribution in [3.05, 3.63) is 30.3 Å². The summed E-state index contributed by atoms with van der Waals surface area (Å²) in [6.45, 7) is 1.92. The highest BCUT2D eigenvalue weighted by atomic mass is 32.2. The van der Waals surface area contributed by atoms with Crippen LogP contribution in [0.4, 0.5) is 0 Å². The monoisotopic (exact) mass is 254 g/mol. The van der Waals surface area contributed by atoms with Crippen LogP contribution in [0.15, 0.2) is 35.2 Å². The topological polar surface area (TPSA) is 54.4 Å². The van der Waals surface area contributed by atoms with Crippen LogP contribution in [0.1, 0.15) is 26.2 Å². The summed E-state index contributed by atoms with van der Waals surface area (Å²) < 4.78 is 11.8. The first kappa shape index (κ1) is 14.1. The van der Waals surface area contributed by atoms with E-state index in [1.165, 1.54) is 0 Å². The Kier molecular flexibility index (Phi) is 6.08. The van der Waals surface area contributed by atoms with E-state index in [1.54, 1.807) is 12.1 Å². The number of carbonyl (C=O) groups is 1. The van der Waals surface area contributed by atoms with Crippen molar-refractivity contribution in [2.45, 2.75) is 37.2 Å².